The summed E-state index contributed by atoms with van der Waals surface area (Å²) < 4.78 is 0. The van der Waals surface area contributed by atoms with Crippen molar-refractivity contribution >= 4 is 18.0 Å². The van der Waals surface area contributed by atoms with Crippen LogP contribution in [0.25, 0.3) is 6.08 Å². The lowest BCUT2D eigenvalue weighted by atomic mass is 10.1. The lowest BCUT2D eigenvalue weighted by molar-refractivity contribution is -0.131. The first kappa shape index (κ1) is 14.2. The summed E-state index contributed by atoms with van der Waals surface area (Å²) in [6, 6.07) is 3.45. The molecule has 106 valence electrons. The van der Waals surface area contributed by atoms with Crippen molar-refractivity contribution < 1.29 is 14.7 Å². The molecular formula is C15H18N2O3. The molecular weight excluding hydrogens is 256 g/mol. The minimum atomic E-state index is -1.05. The van der Waals surface area contributed by atoms with E-state index in [1.807, 2.05) is 6.92 Å². The molecule has 1 unspecified atom stereocenters. The molecule has 1 amide bonds. The first-order valence-electron chi connectivity index (χ1n) is 6.73. The molecule has 2 N–H and O–H groups in total. The monoisotopic (exact) mass is 274 g/mol. The number of aromatic nitrogens is 1. The fraction of sp³-hybridized carbons (Fsp3) is 0.400. The Bertz CT molecular complexity index is 536. The van der Waals surface area contributed by atoms with Crippen LogP contribution >= 0.6 is 0 Å². The number of nitrogens with one attached hydrogen (secondary N) is 1. The summed E-state index contributed by atoms with van der Waals surface area (Å²) in [5.41, 5.74) is 0.763. The number of nitrogens with zero attached hydrogens (tertiary/aromatic N) is 1. The zero-order valence-corrected chi connectivity index (χ0v) is 11.4. The van der Waals surface area contributed by atoms with Crippen molar-refractivity contribution in [2.45, 2.75) is 32.2 Å². The molecule has 0 aromatic carbocycles. The number of carbonyl (C=O) groups is 2. The van der Waals surface area contributed by atoms with Gasteiger partial charge in [-0.2, -0.15) is 0 Å². The smallest absolute Gasteiger partial charge is 0.328 e. The number of carboxylic acid groups (broad SMARTS) is 1. The number of hydrogen-bond donors (Lipinski definition) is 2. The highest BCUT2D eigenvalue weighted by atomic mass is 16.4. The van der Waals surface area contributed by atoms with Gasteiger partial charge in [-0.1, -0.05) is 18.9 Å². The molecule has 5 heteroatoms. The molecule has 0 radical (unpaired) electrons. The summed E-state index contributed by atoms with van der Waals surface area (Å²) >= 11 is 0. The van der Waals surface area contributed by atoms with E-state index in [1.54, 1.807) is 12.1 Å². The number of carboxylic acids is 1. The van der Waals surface area contributed by atoms with Crippen LogP contribution < -0.4 is 5.32 Å². The zero-order valence-electron chi connectivity index (χ0n) is 11.4. The Hall–Kier alpha value is -2.17. The molecule has 1 aliphatic rings. The fourth-order valence-electron chi connectivity index (χ4n) is 2.11. The van der Waals surface area contributed by atoms with Gasteiger partial charge in [0.2, 0.25) is 0 Å². The standard InChI is InChI=1S/C15H18N2O3/c1-10(9-11-4-5-11)17-15(20)14-12(3-2-8-16-14)6-7-13(18)19/h2-3,6-8,10-11H,4-5,9H2,1H3,(H,17,20)(H,18,19)/b7-6+. The fourth-order valence-corrected chi connectivity index (χ4v) is 2.11. The lowest BCUT2D eigenvalue weighted by Crippen LogP contribution is -2.33. The molecule has 0 saturated heterocycles. The van der Waals surface area contributed by atoms with Gasteiger partial charge in [0.05, 0.1) is 0 Å². The molecule has 1 atom stereocenters. The van der Waals surface area contributed by atoms with Crippen molar-refractivity contribution in [1.82, 2.24) is 10.3 Å². The van der Waals surface area contributed by atoms with E-state index in [1.165, 1.54) is 25.1 Å². The molecule has 1 saturated carbocycles. The van der Waals surface area contributed by atoms with E-state index in [9.17, 15) is 9.59 Å². The number of amides is 1. The second kappa shape index (κ2) is 6.32. The highest BCUT2D eigenvalue weighted by Crippen LogP contribution is 2.33. The average molecular weight is 274 g/mol. The van der Waals surface area contributed by atoms with E-state index >= 15 is 0 Å². The van der Waals surface area contributed by atoms with Gasteiger partial charge in [-0.3, -0.25) is 9.78 Å². The van der Waals surface area contributed by atoms with Crippen molar-refractivity contribution in [1.29, 1.82) is 0 Å². The minimum Gasteiger partial charge on any atom is -0.478 e. The Morgan fingerprint density at radius 2 is 2.30 bits per heavy atom. The van der Waals surface area contributed by atoms with Crippen LogP contribution in [0.5, 0.6) is 0 Å². The molecule has 0 spiro atoms. The van der Waals surface area contributed by atoms with Gasteiger partial charge >= 0.3 is 5.97 Å². The van der Waals surface area contributed by atoms with Crippen LogP contribution in [0.1, 0.15) is 42.2 Å². The van der Waals surface area contributed by atoms with Crippen molar-refractivity contribution in [2.75, 3.05) is 0 Å². The summed E-state index contributed by atoms with van der Waals surface area (Å²) in [5.74, 6) is -0.577. The van der Waals surface area contributed by atoms with Gasteiger partial charge in [0.1, 0.15) is 5.69 Å². The summed E-state index contributed by atoms with van der Waals surface area (Å²) in [6.07, 6.45) is 7.39. The van der Waals surface area contributed by atoms with Crippen molar-refractivity contribution in [2.24, 2.45) is 5.92 Å². The number of carbonyl (C=O) groups excluding carboxylic acids is 1. The molecule has 20 heavy (non-hydrogen) atoms. The minimum absolute atomic E-state index is 0.105. The van der Waals surface area contributed by atoms with E-state index in [0.717, 1.165) is 18.4 Å². The summed E-state index contributed by atoms with van der Waals surface area (Å²) in [5, 5.41) is 11.6. The van der Waals surface area contributed by atoms with Gasteiger partial charge in [0.15, 0.2) is 0 Å². The Labute approximate surface area is 117 Å². The van der Waals surface area contributed by atoms with Gasteiger partial charge in [-0.15, -0.1) is 0 Å². The Morgan fingerprint density at radius 1 is 1.55 bits per heavy atom. The maximum absolute atomic E-state index is 12.2. The first-order valence-corrected chi connectivity index (χ1v) is 6.73. The van der Waals surface area contributed by atoms with Crippen LogP contribution in [0.2, 0.25) is 0 Å². The van der Waals surface area contributed by atoms with Crippen LogP contribution in [0.4, 0.5) is 0 Å². The Morgan fingerprint density at radius 3 is 2.95 bits per heavy atom. The molecule has 5 nitrogen and oxygen atoms in total. The second-order valence-electron chi connectivity index (χ2n) is 5.17. The summed E-state index contributed by atoms with van der Waals surface area (Å²) in [6.45, 7) is 1.98. The van der Waals surface area contributed by atoms with Gasteiger partial charge in [-0.25, -0.2) is 4.79 Å². The Kier molecular flexibility index (Phi) is 4.50. The third-order valence-corrected chi connectivity index (χ3v) is 3.22. The molecule has 0 aliphatic heterocycles. The molecule has 2 rings (SSSR count). The maximum Gasteiger partial charge on any atom is 0.328 e. The highest BCUT2D eigenvalue weighted by molar-refractivity contribution is 5.97. The van der Waals surface area contributed by atoms with Crippen molar-refractivity contribution in [3.05, 3.63) is 35.7 Å². The normalized spacial score (nSPS) is 16.1. The number of hydrogen-bond acceptors (Lipinski definition) is 3. The van der Waals surface area contributed by atoms with Gasteiger partial charge < -0.3 is 10.4 Å². The van der Waals surface area contributed by atoms with Crippen molar-refractivity contribution in [3.8, 4) is 0 Å². The lowest BCUT2D eigenvalue weighted by Gasteiger charge is -2.13. The topological polar surface area (TPSA) is 79.3 Å². The number of pyridine rings is 1. The summed E-state index contributed by atoms with van der Waals surface area (Å²) in [4.78, 5) is 26.8. The number of rotatable bonds is 6. The third-order valence-electron chi connectivity index (χ3n) is 3.22. The van der Waals surface area contributed by atoms with Crippen LogP contribution in [0, 0.1) is 5.92 Å². The van der Waals surface area contributed by atoms with Crippen molar-refractivity contribution in [3.63, 3.8) is 0 Å². The van der Waals surface area contributed by atoms with Crippen LogP contribution in [0.15, 0.2) is 24.4 Å². The van der Waals surface area contributed by atoms with E-state index in [0.29, 0.717) is 5.56 Å². The van der Waals surface area contributed by atoms with E-state index in [4.69, 9.17) is 5.11 Å². The highest BCUT2D eigenvalue weighted by Gasteiger charge is 2.24. The quantitative estimate of drug-likeness (QED) is 0.778. The molecule has 1 aromatic rings. The van der Waals surface area contributed by atoms with E-state index in [2.05, 4.69) is 10.3 Å². The first-order chi connectivity index (χ1) is 9.56. The van der Waals surface area contributed by atoms with Crippen LogP contribution in [-0.2, 0) is 4.79 Å². The summed E-state index contributed by atoms with van der Waals surface area (Å²) in [7, 11) is 0. The van der Waals surface area contributed by atoms with E-state index in [-0.39, 0.29) is 17.6 Å². The molecule has 1 fully saturated rings. The SMILES string of the molecule is CC(CC1CC1)NC(=O)c1ncccc1/C=C/C(=O)O. The number of aliphatic carboxylic acids is 1. The molecule has 1 heterocycles. The van der Waals surface area contributed by atoms with Gasteiger partial charge in [0, 0.05) is 23.9 Å². The predicted octanol–water partition coefficient (Wildman–Crippen LogP) is 2.10. The molecule has 0 bridgehead atoms. The third kappa shape index (κ3) is 4.19. The maximum atomic E-state index is 12.2. The van der Waals surface area contributed by atoms with Gasteiger partial charge in [0.25, 0.3) is 5.91 Å². The molecule has 1 aliphatic carbocycles. The average Bonchev–Trinajstić information content (AvgIpc) is 3.20. The Balaban J connectivity index is 2.06. The van der Waals surface area contributed by atoms with Crippen LogP contribution in [0.3, 0.4) is 0 Å². The zero-order chi connectivity index (χ0) is 14.5. The van der Waals surface area contributed by atoms with Gasteiger partial charge in [-0.05, 0) is 31.4 Å². The largest absolute Gasteiger partial charge is 0.478 e. The van der Waals surface area contributed by atoms with Crippen LogP contribution in [-0.4, -0.2) is 28.0 Å². The second-order valence-corrected chi connectivity index (χ2v) is 5.17. The predicted molar refractivity (Wildman–Crippen MR) is 75.2 cm³/mol. The van der Waals surface area contributed by atoms with E-state index < -0.39 is 5.97 Å². The molecule has 1 aromatic heterocycles.